The van der Waals surface area contributed by atoms with Crippen LogP contribution in [0.2, 0.25) is 5.02 Å². The van der Waals surface area contributed by atoms with Crippen molar-refractivity contribution < 1.29 is 19.4 Å². The average molecular weight is 328 g/mol. The first-order chi connectivity index (χ1) is 10.2. The minimum absolute atomic E-state index is 0.0645. The number of nitrogens with one attached hydrogen (secondary N) is 1. The molecule has 0 bridgehead atoms. The number of anilines is 1. The van der Waals surface area contributed by atoms with Crippen LogP contribution in [0.25, 0.3) is 0 Å². The zero-order valence-corrected chi connectivity index (χ0v) is 13.9. The van der Waals surface area contributed by atoms with Gasteiger partial charge in [0, 0.05) is 12.1 Å². The molecule has 1 aromatic carbocycles. The zero-order chi connectivity index (χ0) is 16.8. The Labute approximate surface area is 135 Å². The summed E-state index contributed by atoms with van der Waals surface area (Å²) in [5.41, 5.74) is -0.0471. The van der Waals surface area contributed by atoms with Gasteiger partial charge in [-0.05, 0) is 30.0 Å². The van der Waals surface area contributed by atoms with Crippen molar-refractivity contribution in [1.82, 2.24) is 0 Å². The predicted molar refractivity (Wildman–Crippen MR) is 86.5 cm³/mol. The van der Waals surface area contributed by atoms with Crippen LogP contribution in [0.4, 0.5) is 5.69 Å². The highest BCUT2D eigenvalue weighted by Gasteiger charge is 2.25. The lowest BCUT2D eigenvalue weighted by atomic mass is 9.85. The topological polar surface area (TPSA) is 75.6 Å². The number of rotatable bonds is 8. The van der Waals surface area contributed by atoms with E-state index in [-0.39, 0.29) is 18.7 Å². The van der Waals surface area contributed by atoms with Crippen LogP contribution in [0.1, 0.15) is 40.0 Å². The predicted octanol–water partition coefficient (Wildman–Crippen LogP) is 3.96. The molecular weight excluding hydrogens is 306 g/mol. The average Bonchev–Trinajstić information content (AvgIpc) is 2.35. The summed E-state index contributed by atoms with van der Waals surface area (Å²) in [6.07, 6.45) is 0.934. The van der Waals surface area contributed by atoms with E-state index in [0.29, 0.717) is 23.1 Å². The van der Waals surface area contributed by atoms with Crippen molar-refractivity contribution in [2.75, 3.05) is 11.9 Å². The van der Waals surface area contributed by atoms with Crippen molar-refractivity contribution in [3.05, 3.63) is 23.2 Å². The molecule has 1 rings (SSSR count). The van der Waals surface area contributed by atoms with Crippen molar-refractivity contribution in [1.29, 1.82) is 0 Å². The minimum atomic E-state index is -0.918. The molecule has 0 spiro atoms. The van der Waals surface area contributed by atoms with E-state index < -0.39 is 11.4 Å². The van der Waals surface area contributed by atoms with E-state index in [1.54, 1.807) is 32.0 Å². The van der Waals surface area contributed by atoms with Gasteiger partial charge in [0.1, 0.15) is 5.75 Å². The third kappa shape index (κ3) is 6.35. The van der Waals surface area contributed by atoms with Gasteiger partial charge < -0.3 is 15.2 Å². The molecule has 0 unspecified atom stereocenters. The summed E-state index contributed by atoms with van der Waals surface area (Å²) in [6.45, 7) is 6.07. The maximum Gasteiger partial charge on any atom is 0.303 e. The van der Waals surface area contributed by atoms with Crippen LogP contribution in [0, 0.1) is 5.41 Å². The lowest BCUT2D eigenvalue weighted by Crippen LogP contribution is -2.24. The molecule has 6 heteroatoms. The number of carboxylic acids is 1. The molecule has 0 aromatic heterocycles. The van der Waals surface area contributed by atoms with Gasteiger partial charge in [-0.3, -0.25) is 9.59 Å². The summed E-state index contributed by atoms with van der Waals surface area (Å²) in [4.78, 5) is 22.8. The van der Waals surface area contributed by atoms with Gasteiger partial charge in [0.25, 0.3) is 0 Å². The monoisotopic (exact) mass is 327 g/mol. The second-order valence-electron chi connectivity index (χ2n) is 5.95. The molecule has 0 aliphatic carbocycles. The first kappa shape index (κ1) is 18.3. The highest BCUT2D eigenvalue weighted by molar-refractivity contribution is 6.32. The van der Waals surface area contributed by atoms with Crippen LogP contribution in [-0.2, 0) is 9.59 Å². The fraction of sp³-hybridized carbons (Fsp3) is 0.500. The highest BCUT2D eigenvalue weighted by Crippen LogP contribution is 2.29. The third-order valence-electron chi connectivity index (χ3n) is 2.95. The Balaban J connectivity index is 2.65. The summed E-state index contributed by atoms with van der Waals surface area (Å²) in [5.74, 6) is -0.587. The number of carbonyl (C=O) groups is 2. The molecule has 0 fully saturated rings. The van der Waals surface area contributed by atoms with Gasteiger partial charge in [0.2, 0.25) is 5.91 Å². The van der Waals surface area contributed by atoms with Gasteiger partial charge >= 0.3 is 5.97 Å². The van der Waals surface area contributed by atoms with Gasteiger partial charge in [0.15, 0.2) is 0 Å². The first-order valence-corrected chi connectivity index (χ1v) is 7.55. The molecular formula is C16H22ClNO4. The molecule has 0 saturated heterocycles. The Morgan fingerprint density at radius 2 is 2.00 bits per heavy atom. The number of aliphatic carboxylic acids is 1. The molecule has 122 valence electrons. The maximum atomic E-state index is 12.0. The fourth-order valence-corrected chi connectivity index (χ4v) is 2.25. The van der Waals surface area contributed by atoms with E-state index >= 15 is 0 Å². The van der Waals surface area contributed by atoms with E-state index in [1.807, 2.05) is 6.92 Å². The number of hydrogen-bond donors (Lipinski definition) is 2. The Morgan fingerprint density at radius 3 is 2.55 bits per heavy atom. The van der Waals surface area contributed by atoms with Crippen molar-refractivity contribution in [3.63, 3.8) is 0 Å². The van der Waals surface area contributed by atoms with Crippen LogP contribution in [0.5, 0.6) is 5.75 Å². The largest absolute Gasteiger partial charge is 0.492 e. The standard InChI is InChI=1S/C16H22ClNO4/c1-4-7-22-13-6-5-11(8-12(13)17)18-14(19)9-16(2,3)10-15(20)21/h5-6,8H,4,7,9-10H2,1-3H3,(H,18,19)(H,20,21). The normalized spacial score (nSPS) is 11.1. The Morgan fingerprint density at radius 1 is 1.32 bits per heavy atom. The number of ether oxygens (including phenoxy) is 1. The van der Waals surface area contributed by atoms with Gasteiger partial charge in [-0.25, -0.2) is 0 Å². The molecule has 5 nitrogen and oxygen atoms in total. The Bertz CT molecular complexity index is 543. The number of carboxylic acid groups (broad SMARTS) is 1. The van der Waals surface area contributed by atoms with Crippen LogP contribution in [0.15, 0.2) is 18.2 Å². The number of amides is 1. The number of carbonyl (C=O) groups excluding carboxylic acids is 1. The fourth-order valence-electron chi connectivity index (χ4n) is 2.02. The van der Waals surface area contributed by atoms with E-state index in [9.17, 15) is 9.59 Å². The summed E-state index contributed by atoms with van der Waals surface area (Å²) < 4.78 is 5.46. The summed E-state index contributed by atoms with van der Waals surface area (Å²) in [6, 6.07) is 5.03. The first-order valence-electron chi connectivity index (χ1n) is 7.17. The maximum absolute atomic E-state index is 12.0. The van der Waals surface area contributed by atoms with Crippen molar-refractivity contribution in [2.24, 2.45) is 5.41 Å². The van der Waals surface area contributed by atoms with E-state index in [4.69, 9.17) is 21.4 Å². The molecule has 0 saturated carbocycles. The molecule has 0 heterocycles. The van der Waals surface area contributed by atoms with Crippen molar-refractivity contribution in [3.8, 4) is 5.75 Å². The summed E-state index contributed by atoms with van der Waals surface area (Å²) >= 11 is 6.10. The molecule has 0 radical (unpaired) electrons. The lowest BCUT2D eigenvalue weighted by molar-refractivity contribution is -0.139. The second kappa shape index (κ2) is 8.03. The van der Waals surface area contributed by atoms with Crippen LogP contribution < -0.4 is 10.1 Å². The van der Waals surface area contributed by atoms with Crippen LogP contribution >= 0.6 is 11.6 Å². The number of benzene rings is 1. The number of hydrogen-bond acceptors (Lipinski definition) is 3. The third-order valence-corrected chi connectivity index (χ3v) is 3.24. The van der Waals surface area contributed by atoms with E-state index in [0.717, 1.165) is 6.42 Å². The smallest absolute Gasteiger partial charge is 0.303 e. The molecule has 0 aliphatic heterocycles. The highest BCUT2D eigenvalue weighted by atomic mass is 35.5. The summed E-state index contributed by atoms with van der Waals surface area (Å²) in [7, 11) is 0. The molecule has 22 heavy (non-hydrogen) atoms. The Kier molecular flexibility index (Phi) is 6.68. The van der Waals surface area contributed by atoms with Gasteiger partial charge in [-0.1, -0.05) is 32.4 Å². The molecule has 2 N–H and O–H groups in total. The second-order valence-corrected chi connectivity index (χ2v) is 6.36. The van der Waals surface area contributed by atoms with Gasteiger partial charge in [0.05, 0.1) is 18.1 Å². The molecule has 0 aliphatic rings. The van der Waals surface area contributed by atoms with Crippen LogP contribution in [0.3, 0.4) is 0 Å². The lowest BCUT2D eigenvalue weighted by Gasteiger charge is -2.21. The Hall–Kier alpha value is -1.75. The molecule has 0 atom stereocenters. The summed E-state index contributed by atoms with van der Waals surface area (Å²) in [5, 5.41) is 12.0. The molecule has 1 amide bonds. The zero-order valence-electron chi connectivity index (χ0n) is 13.1. The number of halogens is 1. The van der Waals surface area contributed by atoms with Gasteiger partial charge in [-0.2, -0.15) is 0 Å². The van der Waals surface area contributed by atoms with Gasteiger partial charge in [-0.15, -0.1) is 0 Å². The quantitative estimate of drug-likeness (QED) is 0.757. The van der Waals surface area contributed by atoms with Crippen LogP contribution in [-0.4, -0.2) is 23.6 Å². The SMILES string of the molecule is CCCOc1ccc(NC(=O)CC(C)(C)CC(=O)O)cc1Cl. The van der Waals surface area contributed by atoms with E-state index in [2.05, 4.69) is 5.32 Å². The molecule has 1 aromatic rings. The van der Waals surface area contributed by atoms with Crippen molar-refractivity contribution in [2.45, 2.75) is 40.0 Å². The minimum Gasteiger partial charge on any atom is -0.492 e. The van der Waals surface area contributed by atoms with Crippen molar-refractivity contribution >= 4 is 29.2 Å². The van der Waals surface area contributed by atoms with E-state index in [1.165, 1.54) is 0 Å².